The lowest BCUT2D eigenvalue weighted by atomic mass is 10.1. The zero-order chi connectivity index (χ0) is 11.7. The molecule has 2 aromatic rings. The number of hydrogen-bond acceptors (Lipinski definition) is 2. The molecule has 0 aliphatic carbocycles. The number of ketones is 1. The molecule has 0 radical (unpaired) electrons. The molecule has 16 heavy (non-hydrogen) atoms. The van der Waals surface area contributed by atoms with Crippen LogP contribution in [-0.4, -0.2) is 5.78 Å². The molecule has 0 bridgehead atoms. The highest BCUT2D eigenvalue weighted by atomic mass is 79.9. The maximum Gasteiger partial charge on any atom is 0.205 e. The molecule has 0 N–H and O–H groups in total. The summed E-state index contributed by atoms with van der Waals surface area (Å²) in [6.07, 6.45) is 0. The van der Waals surface area contributed by atoms with Gasteiger partial charge in [-0.3, -0.25) is 4.79 Å². The fourth-order valence-corrected chi connectivity index (χ4v) is 2.94. The highest BCUT2D eigenvalue weighted by Crippen LogP contribution is 2.29. The molecule has 0 amide bonds. The van der Waals surface area contributed by atoms with E-state index >= 15 is 0 Å². The number of halogens is 3. The van der Waals surface area contributed by atoms with Gasteiger partial charge in [-0.1, -0.05) is 39.1 Å². The summed E-state index contributed by atoms with van der Waals surface area (Å²) in [5.41, 5.74) is 0.525. The van der Waals surface area contributed by atoms with E-state index in [-0.39, 0.29) is 5.78 Å². The van der Waals surface area contributed by atoms with Crippen molar-refractivity contribution in [3.05, 3.63) is 54.6 Å². The Morgan fingerprint density at radius 2 is 2.00 bits per heavy atom. The minimum absolute atomic E-state index is 0.116. The first-order valence-corrected chi connectivity index (χ1v) is 6.75. The second-order valence-electron chi connectivity index (χ2n) is 3.05. The van der Waals surface area contributed by atoms with Crippen LogP contribution in [0.5, 0.6) is 0 Å². The van der Waals surface area contributed by atoms with E-state index in [9.17, 15) is 4.79 Å². The Kier molecular flexibility index (Phi) is 3.70. The van der Waals surface area contributed by atoms with Crippen LogP contribution in [0, 0.1) is 0 Å². The van der Waals surface area contributed by atoms with E-state index in [0.717, 1.165) is 0 Å². The van der Waals surface area contributed by atoms with Gasteiger partial charge in [0.05, 0.1) is 9.90 Å². The average Bonchev–Trinajstić information content (AvgIpc) is 2.67. The second-order valence-corrected chi connectivity index (χ2v) is 5.67. The summed E-state index contributed by atoms with van der Waals surface area (Å²) in [5, 5.41) is 2.79. The molecule has 0 unspecified atom stereocenters. The van der Waals surface area contributed by atoms with Gasteiger partial charge in [0, 0.05) is 15.1 Å². The summed E-state index contributed by atoms with van der Waals surface area (Å²) >= 11 is 16.4. The molecule has 1 heterocycles. The maximum absolute atomic E-state index is 12.1. The molecule has 1 aromatic heterocycles. The number of thiophene rings is 1. The minimum Gasteiger partial charge on any atom is -0.288 e. The number of hydrogen-bond donors (Lipinski definition) is 0. The van der Waals surface area contributed by atoms with Crippen molar-refractivity contribution in [1.29, 1.82) is 0 Å². The Morgan fingerprint density at radius 1 is 1.25 bits per heavy atom. The van der Waals surface area contributed by atoms with E-state index in [1.807, 2.05) is 0 Å². The van der Waals surface area contributed by atoms with Crippen LogP contribution in [0.3, 0.4) is 0 Å². The van der Waals surface area contributed by atoms with Crippen molar-refractivity contribution in [2.24, 2.45) is 0 Å². The van der Waals surface area contributed by atoms with E-state index in [0.29, 0.717) is 25.0 Å². The Hall–Kier alpha value is -0.350. The normalized spacial score (nSPS) is 10.4. The van der Waals surface area contributed by atoms with Gasteiger partial charge in [-0.15, -0.1) is 11.3 Å². The molecule has 0 saturated carbocycles. The van der Waals surface area contributed by atoms with Gasteiger partial charge in [0.1, 0.15) is 0 Å². The molecule has 0 saturated heterocycles. The second kappa shape index (κ2) is 4.88. The molecular formula is C11H5BrCl2OS. The van der Waals surface area contributed by atoms with Crippen molar-refractivity contribution in [1.82, 2.24) is 0 Å². The Bertz CT molecular complexity index is 551. The molecule has 0 aliphatic rings. The first-order chi connectivity index (χ1) is 7.59. The molecule has 0 atom stereocenters. The molecule has 0 spiro atoms. The van der Waals surface area contributed by atoms with Gasteiger partial charge in [0.25, 0.3) is 0 Å². The van der Waals surface area contributed by atoms with Crippen LogP contribution in [0.1, 0.15) is 15.2 Å². The van der Waals surface area contributed by atoms with Gasteiger partial charge in [0.2, 0.25) is 5.78 Å². The molecule has 0 fully saturated rings. The predicted octanol–water partition coefficient (Wildman–Crippen LogP) is 5.05. The Balaban J connectivity index is 2.49. The Labute approximate surface area is 115 Å². The molecule has 5 heteroatoms. The molecule has 0 aliphatic heterocycles. The van der Waals surface area contributed by atoms with Crippen LogP contribution in [0.4, 0.5) is 0 Å². The fourth-order valence-electron chi connectivity index (χ4n) is 1.25. The Morgan fingerprint density at radius 3 is 2.62 bits per heavy atom. The van der Waals surface area contributed by atoms with E-state index in [1.54, 1.807) is 29.6 Å². The zero-order valence-corrected chi connectivity index (χ0v) is 11.8. The lowest BCUT2D eigenvalue weighted by molar-refractivity contribution is 0.104. The average molecular weight is 336 g/mol. The number of carbonyl (C=O) groups excluding carboxylic acids is 1. The summed E-state index contributed by atoms with van der Waals surface area (Å²) in [4.78, 5) is 12.7. The maximum atomic E-state index is 12.1. The van der Waals surface area contributed by atoms with Crippen LogP contribution in [-0.2, 0) is 0 Å². The lowest BCUT2D eigenvalue weighted by Gasteiger charge is -2.03. The fraction of sp³-hybridized carbons (Fsp3) is 0. The highest BCUT2D eigenvalue weighted by Gasteiger charge is 2.17. The van der Waals surface area contributed by atoms with Crippen LogP contribution < -0.4 is 0 Å². The van der Waals surface area contributed by atoms with Gasteiger partial charge in [0.15, 0.2) is 0 Å². The number of benzene rings is 1. The third-order valence-electron chi connectivity index (χ3n) is 2.00. The third-order valence-corrected chi connectivity index (χ3v) is 4.26. The standard InChI is InChI=1S/C11H5BrCl2OS/c12-8-2-1-6(13)5-7(8)10(15)11-9(14)3-4-16-11/h1-5H. The van der Waals surface area contributed by atoms with Gasteiger partial charge < -0.3 is 0 Å². The first-order valence-electron chi connectivity index (χ1n) is 4.32. The van der Waals surface area contributed by atoms with Crippen molar-refractivity contribution in [3.63, 3.8) is 0 Å². The van der Waals surface area contributed by atoms with E-state index in [2.05, 4.69) is 15.9 Å². The van der Waals surface area contributed by atoms with Gasteiger partial charge >= 0.3 is 0 Å². The van der Waals surface area contributed by atoms with Crippen molar-refractivity contribution >= 4 is 56.3 Å². The van der Waals surface area contributed by atoms with Gasteiger partial charge in [-0.2, -0.15) is 0 Å². The minimum atomic E-state index is -0.116. The lowest BCUT2D eigenvalue weighted by Crippen LogP contribution is -2.00. The molecule has 1 aromatic carbocycles. The monoisotopic (exact) mass is 334 g/mol. The summed E-state index contributed by atoms with van der Waals surface area (Å²) in [5.74, 6) is -0.116. The van der Waals surface area contributed by atoms with Crippen molar-refractivity contribution in [3.8, 4) is 0 Å². The topological polar surface area (TPSA) is 17.1 Å². The van der Waals surface area contributed by atoms with Crippen LogP contribution >= 0.6 is 50.5 Å². The van der Waals surface area contributed by atoms with Gasteiger partial charge in [-0.25, -0.2) is 0 Å². The van der Waals surface area contributed by atoms with E-state index in [4.69, 9.17) is 23.2 Å². The molecule has 1 nitrogen and oxygen atoms in total. The first kappa shape index (κ1) is 12.1. The summed E-state index contributed by atoms with van der Waals surface area (Å²) in [6.45, 7) is 0. The van der Waals surface area contributed by atoms with E-state index < -0.39 is 0 Å². The summed E-state index contributed by atoms with van der Waals surface area (Å²) in [7, 11) is 0. The smallest absolute Gasteiger partial charge is 0.205 e. The third kappa shape index (κ3) is 2.33. The quantitative estimate of drug-likeness (QED) is 0.702. The van der Waals surface area contributed by atoms with Crippen LogP contribution in [0.2, 0.25) is 10.0 Å². The molecule has 82 valence electrons. The largest absolute Gasteiger partial charge is 0.288 e. The van der Waals surface area contributed by atoms with Crippen molar-refractivity contribution < 1.29 is 4.79 Å². The number of carbonyl (C=O) groups is 1. The van der Waals surface area contributed by atoms with E-state index in [1.165, 1.54) is 11.3 Å². The summed E-state index contributed by atoms with van der Waals surface area (Å²) < 4.78 is 0.714. The molecule has 2 rings (SSSR count). The zero-order valence-electron chi connectivity index (χ0n) is 7.84. The van der Waals surface area contributed by atoms with Gasteiger partial charge in [-0.05, 0) is 29.6 Å². The van der Waals surface area contributed by atoms with Crippen molar-refractivity contribution in [2.75, 3.05) is 0 Å². The SMILES string of the molecule is O=C(c1cc(Cl)ccc1Br)c1sccc1Cl. The summed E-state index contributed by atoms with van der Waals surface area (Å²) in [6, 6.07) is 6.80. The highest BCUT2D eigenvalue weighted by molar-refractivity contribution is 9.10. The van der Waals surface area contributed by atoms with Crippen LogP contribution in [0.15, 0.2) is 34.1 Å². The van der Waals surface area contributed by atoms with Crippen LogP contribution in [0.25, 0.3) is 0 Å². The predicted molar refractivity (Wildman–Crippen MR) is 71.9 cm³/mol. The number of rotatable bonds is 2. The van der Waals surface area contributed by atoms with Crippen molar-refractivity contribution in [2.45, 2.75) is 0 Å². The molecular weight excluding hydrogens is 331 g/mol.